The van der Waals surface area contributed by atoms with Crippen molar-refractivity contribution in [1.82, 2.24) is 4.98 Å². The van der Waals surface area contributed by atoms with Crippen LogP contribution in [0.4, 0.5) is 13.2 Å². The summed E-state index contributed by atoms with van der Waals surface area (Å²) in [5.74, 6) is 0.684. The van der Waals surface area contributed by atoms with Crippen LogP contribution in [0.15, 0.2) is 48.7 Å². The summed E-state index contributed by atoms with van der Waals surface area (Å²) in [5.41, 5.74) is 0.141. The number of nitrogens with one attached hydrogen (secondary N) is 1. The molecule has 0 aliphatic rings. The maximum atomic E-state index is 12.6. The third-order valence-corrected chi connectivity index (χ3v) is 3.31. The highest BCUT2D eigenvalue weighted by atomic mass is 35.5. The van der Waals surface area contributed by atoms with Crippen LogP contribution >= 0.6 is 11.6 Å². The molecule has 0 unspecified atom stereocenters. The highest BCUT2D eigenvalue weighted by Gasteiger charge is 2.31. The number of aromatic nitrogens is 1. The van der Waals surface area contributed by atoms with Gasteiger partial charge in [0.2, 0.25) is 0 Å². The van der Waals surface area contributed by atoms with Crippen LogP contribution in [0.2, 0.25) is 5.02 Å². The first-order valence-electron chi connectivity index (χ1n) is 6.05. The topological polar surface area (TPSA) is 25.0 Å². The van der Waals surface area contributed by atoms with E-state index in [9.17, 15) is 13.2 Å². The van der Waals surface area contributed by atoms with Crippen molar-refractivity contribution in [2.45, 2.75) is 6.18 Å². The maximum Gasteiger partial charge on any atom is 0.416 e. The molecule has 0 radical (unpaired) electrons. The molecule has 1 N–H and O–H groups in total. The number of benzene rings is 2. The first kappa shape index (κ1) is 13.8. The molecule has 108 valence electrons. The van der Waals surface area contributed by atoms with E-state index in [2.05, 4.69) is 4.98 Å². The first-order valence-corrected chi connectivity index (χ1v) is 6.43. The summed E-state index contributed by atoms with van der Waals surface area (Å²) in [6, 6.07) is 10.2. The molecule has 2 aromatic carbocycles. The molecule has 0 saturated carbocycles. The Kier molecular flexibility index (Phi) is 3.29. The highest BCUT2D eigenvalue weighted by molar-refractivity contribution is 6.32. The largest absolute Gasteiger partial charge is 0.456 e. The zero-order valence-electron chi connectivity index (χ0n) is 10.5. The molecule has 0 spiro atoms. The van der Waals surface area contributed by atoms with Crippen LogP contribution in [-0.2, 0) is 6.18 Å². The smallest absolute Gasteiger partial charge is 0.416 e. The van der Waals surface area contributed by atoms with Crippen molar-refractivity contribution in [2.24, 2.45) is 0 Å². The molecule has 0 bridgehead atoms. The fourth-order valence-corrected chi connectivity index (χ4v) is 2.20. The summed E-state index contributed by atoms with van der Waals surface area (Å²) in [5, 5.41) is 0.856. The minimum Gasteiger partial charge on any atom is -0.456 e. The van der Waals surface area contributed by atoms with E-state index in [0.717, 1.165) is 23.0 Å². The fourth-order valence-electron chi connectivity index (χ4n) is 1.98. The van der Waals surface area contributed by atoms with E-state index in [1.54, 1.807) is 18.3 Å². The van der Waals surface area contributed by atoms with Gasteiger partial charge in [0, 0.05) is 17.1 Å². The van der Waals surface area contributed by atoms with Gasteiger partial charge in [0.25, 0.3) is 0 Å². The minimum absolute atomic E-state index is 0.0843. The van der Waals surface area contributed by atoms with E-state index in [-0.39, 0.29) is 10.8 Å². The summed E-state index contributed by atoms with van der Waals surface area (Å²) in [7, 11) is 0. The van der Waals surface area contributed by atoms with Crippen LogP contribution in [0.1, 0.15) is 5.56 Å². The Morgan fingerprint density at radius 2 is 1.81 bits per heavy atom. The molecule has 0 aliphatic carbocycles. The van der Waals surface area contributed by atoms with E-state index < -0.39 is 11.7 Å². The third-order valence-electron chi connectivity index (χ3n) is 3.01. The Bertz CT molecular complexity index is 795. The van der Waals surface area contributed by atoms with Gasteiger partial charge in [0.05, 0.1) is 10.6 Å². The van der Waals surface area contributed by atoms with E-state index in [4.69, 9.17) is 16.3 Å². The Morgan fingerprint density at radius 3 is 2.52 bits per heavy atom. The monoisotopic (exact) mass is 311 g/mol. The molecule has 0 fully saturated rings. The van der Waals surface area contributed by atoms with Crippen molar-refractivity contribution in [3.63, 3.8) is 0 Å². The molecular formula is C15H9ClF3NO. The number of rotatable bonds is 2. The molecule has 0 atom stereocenters. The third kappa shape index (κ3) is 2.83. The van der Waals surface area contributed by atoms with Crippen molar-refractivity contribution in [3.05, 3.63) is 59.2 Å². The number of halogens is 4. The molecule has 2 nitrogen and oxygen atoms in total. The number of aromatic amines is 1. The van der Waals surface area contributed by atoms with Crippen molar-refractivity contribution >= 4 is 22.5 Å². The first-order chi connectivity index (χ1) is 9.93. The van der Waals surface area contributed by atoms with Crippen LogP contribution < -0.4 is 4.74 Å². The van der Waals surface area contributed by atoms with Gasteiger partial charge < -0.3 is 9.72 Å². The lowest BCUT2D eigenvalue weighted by molar-refractivity contribution is -0.137. The average molecular weight is 312 g/mol. The lowest BCUT2D eigenvalue weighted by atomic mass is 10.2. The molecule has 1 aromatic heterocycles. The fraction of sp³-hybridized carbons (Fsp3) is 0.0667. The van der Waals surface area contributed by atoms with Gasteiger partial charge in [-0.2, -0.15) is 13.2 Å². The molecule has 21 heavy (non-hydrogen) atoms. The van der Waals surface area contributed by atoms with Gasteiger partial charge in [-0.25, -0.2) is 0 Å². The molecule has 6 heteroatoms. The molecule has 3 aromatic rings. The summed E-state index contributed by atoms with van der Waals surface area (Å²) in [6.07, 6.45) is -2.63. The van der Waals surface area contributed by atoms with E-state index in [1.165, 1.54) is 6.07 Å². The highest BCUT2D eigenvalue weighted by Crippen LogP contribution is 2.36. The quantitative estimate of drug-likeness (QED) is 0.651. The number of ether oxygens (including phenoxy) is 1. The van der Waals surface area contributed by atoms with Gasteiger partial charge >= 0.3 is 6.18 Å². The maximum absolute atomic E-state index is 12.6. The predicted molar refractivity (Wildman–Crippen MR) is 74.8 cm³/mol. The number of hydrogen-bond acceptors (Lipinski definition) is 1. The molecule has 1 heterocycles. The lowest BCUT2D eigenvalue weighted by Gasteiger charge is -2.11. The zero-order valence-corrected chi connectivity index (χ0v) is 11.3. The second-order valence-corrected chi connectivity index (χ2v) is 4.88. The van der Waals surface area contributed by atoms with Crippen LogP contribution in [-0.4, -0.2) is 4.98 Å². The SMILES string of the molecule is FC(F)(F)c1ccc(Oc2ccc3[nH]ccc3c2)c(Cl)c1. The molecule has 0 aliphatic heterocycles. The molecule has 0 saturated heterocycles. The second-order valence-electron chi connectivity index (χ2n) is 4.47. The van der Waals surface area contributed by atoms with Crippen molar-refractivity contribution in [3.8, 4) is 11.5 Å². The molecule has 0 amide bonds. The lowest BCUT2D eigenvalue weighted by Crippen LogP contribution is -2.04. The van der Waals surface area contributed by atoms with Gasteiger partial charge in [-0.15, -0.1) is 0 Å². The predicted octanol–water partition coefficient (Wildman–Crippen LogP) is 5.63. The van der Waals surface area contributed by atoms with Gasteiger partial charge in [-0.1, -0.05) is 11.6 Å². The Hall–Kier alpha value is -2.14. The van der Waals surface area contributed by atoms with Gasteiger partial charge in [0.15, 0.2) is 0 Å². The Labute approximate surface area is 123 Å². The standard InChI is InChI=1S/C15H9ClF3NO/c16-12-8-10(15(17,18)19)1-4-14(12)21-11-2-3-13-9(7-11)5-6-20-13/h1-8,20H. The second kappa shape index (κ2) is 5.00. The molecule has 3 rings (SSSR count). The average Bonchev–Trinajstić information content (AvgIpc) is 2.87. The number of H-pyrrole nitrogens is 1. The molecular weight excluding hydrogens is 303 g/mol. The summed E-state index contributed by atoms with van der Waals surface area (Å²) in [4.78, 5) is 3.04. The van der Waals surface area contributed by atoms with Crippen LogP contribution in [0.5, 0.6) is 11.5 Å². The Morgan fingerprint density at radius 1 is 1.00 bits per heavy atom. The van der Waals surface area contributed by atoms with Crippen molar-refractivity contribution in [2.75, 3.05) is 0 Å². The van der Waals surface area contributed by atoms with Gasteiger partial charge in [0.1, 0.15) is 11.5 Å². The normalized spacial score (nSPS) is 11.8. The summed E-state index contributed by atoms with van der Waals surface area (Å²) < 4.78 is 43.2. The summed E-state index contributed by atoms with van der Waals surface area (Å²) >= 11 is 5.85. The number of fused-ring (bicyclic) bond motifs is 1. The number of alkyl halides is 3. The summed E-state index contributed by atoms with van der Waals surface area (Å²) in [6.45, 7) is 0. The van der Waals surface area contributed by atoms with E-state index >= 15 is 0 Å². The van der Waals surface area contributed by atoms with Crippen LogP contribution in [0.25, 0.3) is 10.9 Å². The van der Waals surface area contributed by atoms with Crippen molar-refractivity contribution in [1.29, 1.82) is 0 Å². The van der Waals surface area contributed by atoms with Crippen LogP contribution in [0, 0.1) is 0 Å². The Balaban J connectivity index is 1.90. The van der Waals surface area contributed by atoms with Crippen LogP contribution in [0.3, 0.4) is 0 Å². The van der Waals surface area contributed by atoms with E-state index in [0.29, 0.717) is 5.75 Å². The number of hydrogen-bond donors (Lipinski definition) is 1. The van der Waals surface area contributed by atoms with Crippen molar-refractivity contribution < 1.29 is 17.9 Å². The van der Waals surface area contributed by atoms with Gasteiger partial charge in [-0.05, 0) is 42.5 Å². The van der Waals surface area contributed by atoms with Gasteiger partial charge in [-0.3, -0.25) is 0 Å². The van der Waals surface area contributed by atoms with E-state index in [1.807, 2.05) is 12.1 Å². The zero-order chi connectivity index (χ0) is 15.0. The minimum atomic E-state index is -4.42.